The topological polar surface area (TPSA) is 51.2 Å². The quantitative estimate of drug-likeness (QED) is 0.475. The highest BCUT2D eigenvalue weighted by Crippen LogP contribution is 2.36. The van der Waals surface area contributed by atoms with Crippen molar-refractivity contribution < 1.29 is 9.53 Å². The van der Waals surface area contributed by atoms with Crippen molar-refractivity contribution in [1.82, 2.24) is 10.3 Å². The highest BCUT2D eigenvalue weighted by atomic mass is 32.2. The second-order valence-electron chi connectivity index (χ2n) is 6.72. The maximum absolute atomic E-state index is 12.3. The van der Waals surface area contributed by atoms with E-state index in [9.17, 15) is 4.79 Å². The fourth-order valence-electron chi connectivity index (χ4n) is 2.99. The predicted molar refractivity (Wildman–Crippen MR) is 123 cm³/mol. The maximum Gasteiger partial charge on any atom is 0.251 e. The van der Waals surface area contributed by atoms with Gasteiger partial charge in [0.05, 0.1) is 12.3 Å². The summed E-state index contributed by atoms with van der Waals surface area (Å²) in [6.45, 7) is 9.89. The molecule has 0 unspecified atom stereocenters. The van der Waals surface area contributed by atoms with Gasteiger partial charge in [-0.15, -0.1) is 0 Å². The van der Waals surface area contributed by atoms with Gasteiger partial charge in [-0.2, -0.15) is 0 Å². The number of hydrogen-bond donors (Lipinski definition) is 1. The molecule has 0 radical (unpaired) electrons. The first kappa shape index (κ1) is 21.8. The minimum Gasteiger partial charge on any atom is -0.380 e. The van der Waals surface area contributed by atoms with E-state index in [1.807, 2.05) is 62.4 Å². The van der Waals surface area contributed by atoms with E-state index in [0.717, 1.165) is 32.2 Å². The SMILES string of the molecule is C=C(c1ccccn1)c1ccccc1Sc1ccc(C(=O)NCCOCC)cc1C. The molecule has 5 heteroatoms. The highest BCUT2D eigenvalue weighted by molar-refractivity contribution is 7.99. The van der Waals surface area contributed by atoms with Gasteiger partial charge in [0, 0.05) is 40.3 Å². The Balaban J connectivity index is 1.76. The summed E-state index contributed by atoms with van der Waals surface area (Å²) in [7, 11) is 0. The largest absolute Gasteiger partial charge is 0.380 e. The van der Waals surface area contributed by atoms with Crippen molar-refractivity contribution >= 4 is 23.2 Å². The molecule has 154 valence electrons. The summed E-state index contributed by atoms with van der Waals surface area (Å²) in [6, 6.07) is 19.8. The van der Waals surface area contributed by atoms with E-state index in [-0.39, 0.29) is 5.91 Å². The molecule has 4 nitrogen and oxygen atoms in total. The fourth-order valence-corrected chi connectivity index (χ4v) is 4.03. The summed E-state index contributed by atoms with van der Waals surface area (Å²) in [6.07, 6.45) is 1.78. The maximum atomic E-state index is 12.3. The smallest absolute Gasteiger partial charge is 0.251 e. The molecule has 0 aliphatic heterocycles. The van der Waals surface area contributed by atoms with Crippen LogP contribution >= 0.6 is 11.8 Å². The van der Waals surface area contributed by atoms with Crippen molar-refractivity contribution in [1.29, 1.82) is 0 Å². The van der Waals surface area contributed by atoms with Crippen LogP contribution in [0.2, 0.25) is 0 Å². The fraction of sp³-hybridized carbons (Fsp3) is 0.200. The Morgan fingerprint density at radius 3 is 2.63 bits per heavy atom. The van der Waals surface area contributed by atoms with Gasteiger partial charge in [-0.25, -0.2) is 0 Å². The molecule has 0 fully saturated rings. The molecule has 0 aliphatic rings. The minimum absolute atomic E-state index is 0.0849. The Labute approximate surface area is 182 Å². The van der Waals surface area contributed by atoms with Gasteiger partial charge >= 0.3 is 0 Å². The van der Waals surface area contributed by atoms with Crippen molar-refractivity contribution in [3.05, 3.63) is 95.8 Å². The summed E-state index contributed by atoms with van der Waals surface area (Å²) < 4.78 is 5.26. The number of rotatable bonds is 9. The Hall–Kier alpha value is -2.89. The average molecular weight is 419 g/mol. The zero-order valence-electron chi connectivity index (χ0n) is 17.4. The first-order valence-electron chi connectivity index (χ1n) is 9.94. The van der Waals surface area contributed by atoms with Crippen LogP contribution in [-0.4, -0.2) is 30.6 Å². The van der Waals surface area contributed by atoms with Crippen LogP contribution in [0.15, 0.2) is 83.2 Å². The predicted octanol–water partition coefficient (Wildman–Crippen LogP) is 5.37. The molecule has 30 heavy (non-hydrogen) atoms. The number of ether oxygens (including phenoxy) is 1. The standard InChI is InChI=1S/C25H26N2O2S/c1-4-29-16-15-27-25(28)20-12-13-23(18(2)17-20)30-24-11-6-5-9-21(24)19(3)22-10-7-8-14-26-22/h5-14,17H,3-4,15-16H2,1-2H3,(H,27,28). The zero-order valence-corrected chi connectivity index (χ0v) is 18.2. The number of pyridine rings is 1. The van der Waals surface area contributed by atoms with E-state index in [0.29, 0.717) is 25.3 Å². The summed E-state index contributed by atoms with van der Waals surface area (Å²) in [5, 5.41) is 2.88. The van der Waals surface area contributed by atoms with Crippen LogP contribution in [0.4, 0.5) is 0 Å². The van der Waals surface area contributed by atoms with Crippen molar-refractivity contribution in [2.45, 2.75) is 23.6 Å². The third-order valence-corrected chi connectivity index (χ3v) is 5.83. The van der Waals surface area contributed by atoms with Crippen LogP contribution in [0.5, 0.6) is 0 Å². The van der Waals surface area contributed by atoms with E-state index in [1.54, 1.807) is 18.0 Å². The van der Waals surface area contributed by atoms with E-state index >= 15 is 0 Å². The second kappa shape index (κ2) is 10.8. The first-order chi connectivity index (χ1) is 14.6. The van der Waals surface area contributed by atoms with Crippen LogP contribution in [-0.2, 0) is 4.74 Å². The number of aryl methyl sites for hydroxylation is 1. The molecular formula is C25H26N2O2S. The lowest BCUT2D eigenvalue weighted by molar-refractivity contribution is 0.0922. The molecule has 0 saturated carbocycles. The molecule has 0 aliphatic carbocycles. The summed E-state index contributed by atoms with van der Waals surface area (Å²) in [4.78, 5) is 19.0. The van der Waals surface area contributed by atoms with Crippen LogP contribution in [0.25, 0.3) is 5.57 Å². The molecule has 0 spiro atoms. The van der Waals surface area contributed by atoms with E-state index in [2.05, 4.69) is 29.0 Å². The van der Waals surface area contributed by atoms with Crippen molar-refractivity contribution in [3.8, 4) is 0 Å². The third-order valence-electron chi connectivity index (χ3n) is 4.58. The lowest BCUT2D eigenvalue weighted by Gasteiger charge is -2.13. The number of aromatic nitrogens is 1. The van der Waals surface area contributed by atoms with Crippen molar-refractivity contribution in [2.24, 2.45) is 0 Å². The van der Waals surface area contributed by atoms with Crippen LogP contribution in [0, 0.1) is 6.92 Å². The lowest BCUT2D eigenvalue weighted by Crippen LogP contribution is -2.27. The Bertz CT molecular complexity index is 1020. The molecule has 0 saturated heterocycles. The average Bonchev–Trinajstić information content (AvgIpc) is 2.78. The third kappa shape index (κ3) is 5.59. The molecule has 1 heterocycles. The normalized spacial score (nSPS) is 10.6. The van der Waals surface area contributed by atoms with Gasteiger partial charge in [0.2, 0.25) is 0 Å². The van der Waals surface area contributed by atoms with Crippen LogP contribution in [0.3, 0.4) is 0 Å². The lowest BCUT2D eigenvalue weighted by atomic mass is 10.0. The number of amides is 1. The summed E-state index contributed by atoms with van der Waals surface area (Å²) in [5.74, 6) is -0.0849. The number of benzene rings is 2. The summed E-state index contributed by atoms with van der Waals surface area (Å²) >= 11 is 1.67. The molecular weight excluding hydrogens is 392 g/mol. The molecule has 3 aromatic rings. The van der Waals surface area contributed by atoms with Gasteiger partial charge in [0.15, 0.2) is 0 Å². The minimum atomic E-state index is -0.0849. The molecule has 2 aromatic carbocycles. The van der Waals surface area contributed by atoms with Gasteiger partial charge in [-0.05, 0) is 61.4 Å². The van der Waals surface area contributed by atoms with Gasteiger partial charge in [0.25, 0.3) is 5.91 Å². The van der Waals surface area contributed by atoms with Gasteiger partial charge < -0.3 is 10.1 Å². The molecule has 3 rings (SSSR count). The molecule has 0 atom stereocenters. The zero-order chi connectivity index (χ0) is 21.3. The van der Waals surface area contributed by atoms with Crippen LogP contribution in [0.1, 0.15) is 34.1 Å². The number of hydrogen-bond acceptors (Lipinski definition) is 4. The number of nitrogens with zero attached hydrogens (tertiary/aromatic N) is 1. The Morgan fingerprint density at radius 1 is 1.10 bits per heavy atom. The number of carbonyl (C=O) groups is 1. The number of nitrogens with one attached hydrogen (secondary N) is 1. The van der Waals surface area contributed by atoms with Crippen molar-refractivity contribution in [2.75, 3.05) is 19.8 Å². The Kier molecular flexibility index (Phi) is 7.82. The molecule has 1 N–H and O–H groups in total. The summed E-state index contributed by atoms with van der Waals surface area (Å²) in [5.41, 5.74) is 4.51. The van der Waals surface area contributed by atoms with E-state index < -0.39 is 0 Å². The van der Waals surface area contributed by atoms with Crippen molar-refractivity contribution in [3.63, 3.8) is 0 Å². The van der Waals surface area contributed by atoms with E-state index in [4.69, 9.17) is 4.74 Å². The number of carbonyl (C=O) groups excluding carboxylic acids is 1. The molecule has 1 amide bonds. The van der Waals surface area contributed by atoms with Gasteiger partial charge in [-0.1, -0.05) is 42.6 Å². The first-order valence-corrected chi connectivity index (χ1v) is 10.8. The highest BCUT2D eigenvalue weighted by Gasteiger charge is 2.12. The van der Waals surface area contributed by atoms with E-state index in [1.165, 1.54) is 0 Å². The molecule has 0 bridgehead atoms. The monoisotopic (exact) mass is 418 g/mol. The van der Waals surface area contributed by atoms with Gasteiger partial charge in [-0.3, -0.25) is 9.78 Å². The molecule has 1 aromatic heterocycles. The van der Waals surface area contributed by atoms with Gasteiger partial charge in [0.1, 0.15) is 0 Å². The second-order valence-corrected chi connectivity index (χ2v) is 7.81. The van der Waals surface area contributed by atoms with Crippen LogP contribution < -0.4 is 5.32 Å². The Morgan fingerprint density at radius 2 is 1.90 bits per heavy atom.